The van der Waals surface area contributed by atoms with Crippen LogP contribution in [0.3, 0.4) is 0 Å². The molecule has 0 fully saturated rings. The number of Topliss-reactive ketones (excluding diaryl/α,β-unsaturated/α-hetero) is 1. The predicted molar refractivity (Wildman–Crippen MR) is 80.9 cm³/mol. The first-order chi connectivity index (χ1) is 9.96. The molecule has 0 spiro atoms. The zero-order valence-corrected chi connectivity index (χ0v) is 13.1. The van der Waals surface area contributed by atoms with Crippen molar-refractivity contribution < 1.29 is 14.3 Å². The Morgan fingerprint density at radius 3 is 2.19 bits per heavy atom. The molecule has 0 unspecified atom stereocenters. The van der Waals surface area contributed by atoms with E-state index < -0.39 is 0 Å². The maximum atomic E-state index is 11.3. The van der Waals surface area contributed by atoms with Gasteiger partial charge in [0, 0.05) is 17.3 Å². The summed E-state index contributed by atoms with van der Waals surface area (Å²) in [7, 11) is 3.24. The predicted octanol–water partition coefficient (Wildman–Crippen LogP) is 2.77. The van der Waals surface area contributed by atoms with Crippen LogP contribution in [0, 0.1) is 13.8 Å². The average molecular weight is 288 g/mol. The molecule has 0 atom stereocenters. The number of hydrogen-bond donors (Lipinski definition) is 0. The minimum Gasteiger partial charge on any atom is -0.497 e. The second-order valence-corrected chi connectivity index (χ2v) is 5.01. The quantitative estimate of drug-likeness (QED) is 0.849. The topological polar surface area (TPSA) is 53.4 Å². The number of ether oxygens (including phenoxy) is 2. The molecule has 21 heavy (non-hydrogen) atoms. The third kappa shape index (κ3) is 3.07. The van der Waals surface area contributed by atoms with Crippen molar-refractivity contribution in [3.8, 4) is 22.6 Å². The number of aryl methyl sites for hydroxylation is 1. The molecule has 0 aliphatic carbocycles. The van der Waals surface area contributed by atoms with Gasteiger partial charge in [0.25, 0.3) is 0 Å². The first-order valence-electron chi connectivity index (χ1n) is 6.73. The highest BCUT2D eigenvalue weighted by atomic mass is 16.5. The van der Waals surface area contributed by atoms with Crippen LogP contribution in [0.5, 0.6) is 11.5 Å². The Morgan fingerprint density at radius 2 is 1.71 bits per heavy atom. The van der Waals surface area contributed by atoms with Gasteiger partial charge in [0.05, 0.1) is 26.5 Å². The maximum Gasteiger partial charge on any atom is 0.151 e. The van der Waals surface area contributed by atoms with Crippen LogP contribution in [0.15, 0.2) is 18.2 Å². The molecule has 0 saturated carbocycles. The van der Waals surface area contributed by atoms with Gasteiger partial charge >= 0.3 is 0 Å². The van der Waals surface area contributed by atoms with Gasteiger partial charge in [-0.25, -0.2) is 0 Å². The zero-order chi connectivity index (χ0) is 15.6. The van der Waals surface area contributed by atoms with Crippen molar-refractivity contribution in [1.82, 2.24) is 9.78 Å². The second kappa shape index (κ2) is 5.99. The molecule has 0 aliphatic heterocycles. The third-order valence-electron chi connectivity index (χ3n) is 3.39. The standard InChI is InChI=1S/C16H20N2O3/c1-10(19)9-18-12(3)16(11(2)17-18)13-6-14(20-4)8-15(7-13)21-5/h6-8H,9H2,1-5H3. The number of methoxy groups -OCH3 is 2. The Labute approximate surface area is 124 Å². The van der Waals surface area contributed by atoms with Crippen LogP contribution in [-0.2, 0) is 11.3 Å². The van der Waals surface area contributed by atoms with Crippen molar-refractivity contribution in [2.24, 2.45) is 0 Å². The van der Waals surface area contributed by atoms with Gasteiger partial charge < -0.3 is 9.47 Å². The number of nitrogens with zero attached hydrogens (tertiary/aromatic N) is 2. The molecule has 0 bridgehead atoms. The highest BCUT2D eigenvalue weighted by molar-refractivity contribution is 5.76. The lowest BCUT2D eigenvalue weighted by molar-refractivity contribution is -0.117. The SMILES string of the molecule is COc1cc(OC)cc(-c2c(C)nn(CC(C)=O)c2C)c1. The van der Waals surface area contributed by atoms with Crippen molar-refractivity contribution in [2.45, 2.75) is 27.3 Å². The minimum atomic E-state index is 0.0790. The molecular weight excluding hydrogens is 268 g/mol. The van der Waals surface area contributed by atoms with Gasteiger partial charge in [-0.15, -0.1) is 0 Å². The Morgan fingerprint density at radius 1 is 1.14 bits per heavy atom. The first kappa shape index (κ1) is 15.1. The van der Waals surface area contributed by atoms with Crippen LogP contribution < -0.4 is 9.47 Å². The van der Waals surface area contributed by atoms with Gasteiger partial charge in [-0.1, -0.05) is 0 Å². The number of carbonyl (C=O) groups is 1. The fourth-order valence-corrected chi connectivity index (χ4v) is 2.43. The van der Waals surface area contributed by atoms with E-state index in [1.54, 1.807) is 25.8 Å². The summed E-state index contributed by atoms with van der Waals surface area (Å²) in [4.78, 5) is 11.3. The van der Waals surface area contributed by atoms with Crippen LogP contribution in [-0.4, -0.2) is 29.8 Å². The lowest BCUT2D eigenvalue weighted by Crippen LogP contribution is -2.09. The van der Waals surface area contributed by atoms with Crippen LogP contribution in [0.4, 0.5) is 0 Å². The Kier molecular flexibility index (Phi) is 4.31. The van der Waals surface area contributed by atoms with Gasteiger partial charge in [0.2, 0.25) is 0 Å². The average Bonchev–Trinajstić information content (AvgIpc) is 2.72. The molecular formula is C16H20N2O3. The number of rotatable bonds is 5. The third-order valence-corrected chi connectivity index (χ3v) is 3.39. The van der Waals surface area contributed by atoms with E-state index in [0.717, 1.165) is 34.0 Å². The van der Waals surface area contributed by atoms with Gasteiger partial charge in [-0.2, -0.15) is 5.10 Å². The molecule has 0 amide bonds. The van der Waals surface area contributed by atoms with E-state index in [1.165, 1.54) is 0 Å². The van der Waals surface area contributed by atoms with Gasteiger partial charge in [0.1, 0.15) is 11.5 Å². The monoisotopic (exact) mass is 288 g/mol. The highest BCUT2D eigenvalue weighted by Crippen LogP contribution is 2.33. The molecule has 0 saturated heterocycles. The van der Waals surface area contributed by atoms with Gasteiger partial charge in [-0.3, -0.25) is 9.48 Å². The molecule has 2 aromatic rings. The van der Waals surface area contributed by atoms with Crippen molar-refractivity contribution in [3.63, 3.8) is 0 Å². The number of ketones is 1. The Hall–Kier alpha value is -2.30. The number of hydrogen-bond acceptors (Lipinski definition) is 4. The summed E-state index contributed by atoms with van der Waals surface area (Å²) in [5, 5.41) is 4.45. The maximum absolute atomic E-state index is 11.3. The van der Waals surface area contributed by atoms with Crippen LogP contribution in [0.25, 0.3) is 11.1 Å². The molecule has 2 rings (SSSR count). The van der Waals surface area contributed by atoms with Crippen molar-refractivity contribution in [1.29, 1.82) is 0 Å². The molecule has 5 nitrogen and oxygen atoms in total. The largest absolute Gasteiger partial charge is 0.497 e. The molecule has 0 radical (unpaired) electrons. The molecule has 1 heterocycles. The van der Waals surface area contributed by atoms with Crippen LogP contribution in [0.2, 0.25) is 0 Å². The lowest BCUT2D eigenvalue weighted by atomic mass is 10.0. The first-order valence-corrected chi connectivity index (χ1v) is 6.73. The highest BCUT2D eigenvalue weighted by Gasteiger charge is 2.16. The normalized spacial score (nSPS) is 10.5. The van der Waals surface area contributed by atoms with E-state index in [-0.39, 0.29) is 12.3 Å². The Bertz CT molecular complexity index is 652. The van der Waals surface area contributed by atoms with Crippen LogP contribution >= 0.6 is 0 Å². The van der Waals surface area contributed by atoms with E-state index in [1.807, 2.05) is 32.0 Å². The fourth-order valence-electron chi connectivity index (χ4n) is 2.43. The van der Waals surface area contributed by atoms with Gasteiger partial charge in [-0.05, 0) is 38.5 Å². The molecule has 1 aromatic carbocycles. The summed E-state index contributed by atoms with van der Waals surface area (Å²) < 4.78 is 12.4. The summed E-state index contributed by atoms with van der Waals surface area (Å²) >= 11 is 0. The van der Waals surface area contributed by atoms with Crippen molar-refractivity contribution in [3.05, 3.63) is 29.6 Å². The van der Waals surface area contributed by atoms with E-state index in [9.17, 15) is 4.79 Å². The summed E-state index contributed by atoms with van der Waals surface area (Å²) in [6.45, 7) is 5.74. The second-order valence-electron chi connectivity index (χ2n) is 5.01. The number of benzene rings is 1. The fraction of sp³-hybridized carbons (Fsp3) is 0.375. The van der Waals surface area contributed by atoms with E-state index in [4.69, 9.17) is 9.47 Å². The van der Waals surface area contributed by atoms with Gasteiger partial charge in [0.15, 0.2) is 5.78 Å². The van der Waals surface area contributed by atoms with E-state index >= 15 is 0 Å². The summed E-state index contributed by atoms with van der Waals surface area (Å²) in [5.41, 5.74) is 3.81. The molecule has 0 N–H and O–H groups in total. The number of aromatic nitrogens is 2. The summed E-state index contributed by atoms with van der Waals surface area (Å²) in [6, 6.07) is 5.71. The Balaban J connectivity index is 2.56. The molecule has 1 aromatic heterocycles. The lowest BCUT2D eigenvalue weighted by Gasteiger charge is -2.09. The van der Waals surface area contributed by atoms with Crippen LogP contribution in [0.1, 0.15) is 18.3 Å². The molecule has 0 aliphatic rings. The van der Waals surface area contributed by atoms with Crippen molar-refractivity contribution >= 4 is 5.78 Å². The van der Waals surface area contributed by atoms with E-state index in [0.29, 0.717) is 0 Å². The smallest absolute Gasteiger partial charge is 0.151 e. The molecule has 5 heteroatoms. The summed E-state index contributed by atoms with van der Waals surface area (Å²) in [5.74, 6) is 1.53. The number of carbonyl (C=O) groups excluding carboxylic acids is 1. The zero-order valence-electron chi connectivity index (χ0n) is 13.1. The summed E-state index contributed by atoms with van der Waals surface area (Å²) in [6.07, 6.45) is 0. The minimum absolute atomic E-state index is 0.0790. The van der Waals surface area contributed by atoms with Crippen molar-refractivity contribution in [2.75, 3.05) is 14.2 Å². The van der Waals surface area contributed by atoms with E-state index in [2.05, 4.69) is 5.10 Å². The molecule has 112 valence electrons.